The van der Waals surface area contributed by atoms with Gasteiger partial charge in [-0.25, -0.2) is 0 Å². The third-order valence-electron chi connectivity index (χ3n) is 3.19. The van der Waals surface area contributed by atoms with Crippen LogP contribution in [-0.2, 0) is 13.0 Å². The van der Waals surface area contributed by atoms with Crippen LogP contribution < -0.4 is 11.1 Å². The molecule has 0 radical (unpaired) electrons. The highest BCUT2D eigenvalue weighted by molar-refractivity contribution is 6.31. The predicted octanol–water partition coefficient (Wildman–Crippen LogP) is 3.51. The summed E-state index contributed by atoms with van der Waals surface area (Å²) in [5, 5.41) is 11.8. The zero-order chi connectivity index (χ0) is 15.4. The Hall–Kier alpha value is -2.53. The molecular weight excluding hydrogens is 300 g/mol. The summed E-state index contributed by atoms with van der Waals surface area (Å²) in [6.45, 7) is 0.531. The molecule has 1 aromatic heterocycles. The van der Waals surface area contributed by atoms with Crippen molar-refractivity contribution in [3.8, 4) is 0 Å². The zero-order valence-corrected chi connectivity index (χ0v) is 12.5. The van der Waals surface area contributed by atoms with Gasteiger partial charge in [0.1, 0.15) is 0 Å². The van der Waals surface area contributed by atoms with Crippen LogP contribution in [0, 0.1) is 0 Å². The maximum atomic E-state index is 6.10. The summed E-state index contributed by atoms with van der Waals surface area (Å²) >= 11 is 6.10. The lowest BCUT2D eigenvalue weighted by Crippen LogP contribution is -2.00. The van der Waals surface area contributed by atoms with Crippen molar-refractivity contribution in [3.63, 3.8) is 0 Å². The number of nitrogens with one attached hydrogen (secondary N) is 1. The molecule has 0 fully saturated rings. The van der Waals surface area contributed by atoms with Crippen LogP contribution in [0.15, 0.2) is 52.9 Å². The highest BCUT2D eigenvalue weighted by atomic mass is 35.5. The van der Waals surface area contributed by atoms with E-state index < -0.39 is 0 Å². The highest BCUT2D eigenvalue weighted by Crippen LogP contribution is 2.17. The van der Waals surface area contributed by atoms with Gasteiger partial charge in [0.05, 0.1) is 6.42 Å². The van der Waals surface area contributed by atoms with Crippen LogP contribution in [0.3, 0.4) is 0 Å². The Morgan fingerprint density at radius 1 is 1.05 bits per heavy atom. The van der Waals surface area contributed by atoms with Gasteiger partial charge in [-0.1, -0.05) is 47.0 Å². The maximum absolute atomic E-state index is 6.10. The van der Waals surface area contributed by atoms with Crippen LogP contribution >= 0.6 is 11.6 Å². The van der Waals surface area contributed by atoms with Crippen LogP contribution in [0.5, 0.6) is 0 Å². The topological polar surface area (TPSA) is 77.0 Å². The Bertz CT molecular complexity index is 755. The number of nitrogen functional groups attached to an aromatic ring is 1. The fourth-order valence-electron chi connectivity index (χ4n) is 2.02. The lowest BCUT2D eigenvalue weighted by atomic mass is 10.1. The average molecular weight is 315 g/mol. The molecular formula is C16H15ClN4O. The van der Waals surface area contributed by atoms with E-state index in [2.05, 4.69) is 15.5 Å². The van der Waals surface area contributed by atoms with Gasteiger partial charge in [-0.2, -0.15) is 0 Å². The summed E-state index contributed by atoms with van der Waals surface area (Å²) in [5.74, 6) is 0.548. The highest BCUT2D eigenvalue weighted by Gasteiger charge is 2.07. The Balaban J connectivity index is 1.61. The minimum atomic E-state index is 0.380. The first kappa shape index (κ1) is 14.4. The molecule has 0 atom stereocenters. The largest absolute Gasteiger partial charge is 0.408 e. The van der Waals surface area contributed by atoms with Gasteiger partial charge < -0.3 is 15.5 Å². The van der Waals surface area contributed by atoms with Gasteiger partial charge in [-0.05, 0) is 29.3 Å². The number of aromatic nitrogens is 2. The number of anilines is 2. The molecule has 0 saturated carbocycles. The molecule has 112 valence electrons. The van der Waals surface area contributed by atoms with Crippen LogP contribution in [0.2, 0.25) is 5.02 Å². The van der Waals surface area contributed by atoms with E-state index >= 15 is 0 Å². The van der Waals surface area contributed by atoms with Crippen LogP contribution in [0.4, 0.5) is 11.7 Å². The minimum Gasteiger partial charge on any atom is -0.408 e. The molecule has 0 saturated heterocycles. The third kappa shape index (κ3) is 3.56. The summed E-state index contributed by atoms with van der Waals surface area (Å²) in [7, 11) is 0. The third-order valence-corrected chi connectivity index (χ3v) is 3.56. The molecule has 3 rings (SSSR count). The second-order valence-electron chi connectivity index (χ2n) is 4.86. The molecule has 3 aromatic rings. The SMILES string of the molecule is Nc1ccc(Cc2nnc(NCc3ccccc3Cl)o2)cc1. The van der Waals surface area contributed by atoms with Crippen molar-refractivity contribution in [1.82, 2.24) is 10.2 Å². The molecule has 0 spiro atoms. The number of hydrogen-bond acceptors (Lipinski definition) is 5. The first-order chi connectivity index (χ1) is 10.7. The molecule has 2 aromatic carbocycles. The van der Waals surface area contributed by atoms with E-state index in [-0.39, 0.29) is 0 Å². The predicted molar refractivity (Wildman–Crippen MR) is 86.7 cm³/mol. The van der Waals surface area contributed by atoms with Crippen LogP contribution in [0.1, 0.15) is 17.0 Å². The Morgan fingerprint density at radius 2 is 1.82 bits per heavy atom. The molecule has 1 heterocycles. The number of nitrogens with two attached hydrogens (primary N) is 1. The Labute approximate surface area is 133 Å². The Kier molecular flexibility index (Phi) is 4.25. The molecule has 6 heteroatoms. The molecule has 0 unspecified atom stereocenters. The van der Waals surface area contributed by atoms with E-state index in [4.69, 9.17) is 21.8 Å². The number of halogens is 1. The summed E-state index contributed by atoms with van der Waals surface area (Å²) in [4.78, 5) is 0. The first-order valence-electron chi connectivity index (χ1n) is 6.85. The molecule has 0 bridgehead atoms. The fourth-order valence-corrected chi connectivity index (χ4v) is 2.22. The van der Waals surface area contributed by atoms with Gasteiger partial charge >= 0.3 is 6.01 Å². The zero-order valence-electron chi connectivity index (χ0n) is 11.8. The van der Waals surface area contributed by atoms with Gasteiger partial charge in [0.2, 0.25) is 5.89 Å². The van der Waals surface area contributed by atoms with Gasteiger partial charge in [-0.3, -0.25) is 0 Å². The lowest BCUT2D eigenvalue weighted by molar-refractivity contribution is 0.516. The molecule has 0 aliphatic heterocycles. The van der Waals surface area contributed by atoms with Crippen molar-refractivity contribution in [2.45, 2.75) is 13.0 Å². The summed E-state index contributed by atoms with van der Waals surface area (Å²) in [6, 6.07) is 15.6. The van der Waals surface area contributed by atoms with Gasteiger partial charge in [0.15, 0.2) is 0 Å². The first-order valence-corrected chi connectivity index (χ1v) is 7.22. The van der Waals surface area contributed by atoms with Crippen molar-refractivity contribution in [3.05, 3.63) is 70.6 Å². The molecule has 3 N–H and O–H groups in total. The molecule has 0 aliphatic rings. The van der Waals surface area contributed by atoms with Crippen molar-refractivity contribution in [1.29, 1.82) is 0 Å². The van der Waals surface area contributed by atoms with Crippen molar-refractivity contribution in [2.24, 2.45) is 0 Å². The van der Waals surface area contributed by atoms with Crippen LogP contribution in [0.25, 0.3) is 0 Å². The van der Waals surface area contributed by atoms with Gasteiger partial charge in [0.25, 0.3) is 0 Å². The monoisotopic (exact) mass is 314 g/mol. The minimum absolute atomic E-state index is 0.380. The quantitative estimate of drug-likeness (QED) is 0.705. The summed E-state index contributed by atoms with van der Waals surface area (Å²) in [6.07, 6.45) is 0.570. The van der Waals surface area contributed by atoms with E-state index in [0.29, 0.717) is 29.9 Å². The number of benzene rings is 2. The number of hydrogen-bond donors (Lipinski definition) is 2. The van der Waals surface area contributed by atoms with Crippen molar-refractivity contribution in [2.75, 3.05) is 11.1 Å². The standard InChI is InChI=1S/C16H15ClN4O/c17-14-4-2-1-3-12(14)10-19-16-21-20-15(22-16)9-11-5-7-13(18)8-6-11/h1-8H,9-10,18H2,(H,19,21). The van der Waals surface area contributed by atoms with Gasteiger partial charge in [-0.15, -0.1) is 5.10 Å². The molecule has 0 aliphatic carbocycles. The Morgan fingerprint density at radius 3 is 2.59 bits per heavy atom. The second-order valence-corrected chi connectivity index (χ2v) is 5.27. The molecule has 0 amide bonds. The number of rotatable bonds is 5. The summed E-state index contributed by atoms with van der Waals surface area (Å²) in [5.41, 5.74) is 8.43. The van der Waals surface area contributed by atoms with Gasteiger partial charge in [0, 0.05) is 17.3 Å². The van der Waals surface area contributed by atoms with E-state index in [1.165, 1.54) is 0 Å². The van der Waals surface area contributed by atoms with Crippen LogP contribution in [-0.4, -0.2) is 10.2 Å². The average Bonchev–Trinajstić information content (AvgIpc) is 2.96. The number of nitrogens with zero attached hydrogens (tertiary/aromatic N) is 2. The lowest BCUT2D eigenvalue weighted by Gasteiger charge is -2.03. The van der Waals surface area contributed by atoms with Crippen molar-refractivity contribution >= 4 is 23.3 Å². The molecule has 5 nitrogen and oxygen atoms in total. The maximum Gasteiger partial charge on any atom is 0.315 e. The van der Waals surface area contributed by atoms with E-state index in [0.717, 1.165) is 16.8 Å². The van der Waals surface area contributed by atoms with Crippen molar-refractivity contribution < 1.29 is 4.42 Å². The van der Waals surface area contributed by atoms with E-state index in [1.54, 1.807) is 0 Å². The second kappa shape index (κ2) is 6.49. The summed E-state index contributed by atoms with van der Waals surface area (Å²) < 4.78 is 5.57. The normalized spacial score (nSPS) is 10.6. The molecule has 22 heavy (non-hydrogen) atoms. The van der Waals surface area contributed by atoms with E-state index in [9.17, 15) is 0 Å². The smallest absolute Gasteiger partial charge is 0.315 e. The van der Waals surface area contributed by atoms with E-state index in [1.807, 2.05) is 48.5 Å². The fraction of sp³-hybridized carbons (Fsp3) is 0.125.